The molecule has 0 spiro atoms. The van der Waals surface area contributed by atoms with Crippen molar-refractivity contribution in [1.29, 1.82) is 5.26 Å². The number of carbonyl (C=O) groups is 2. The second-order valence-corrected chi connectivity index (χ2v) is 7.37. The van der Waals surface area contributed by atoms with Gasteiger partial charge in [-0.25, -0.2) is 0 Å². The summed E-state index contributed by atoms with van der Waals surface area (Å²) in [5.41, 5.74) is 3.79. The topological polar surface area (TPSA) is 99.2 Å². The van der Waals surface area contributed by atoms with Gasteiger partial charge in [0.15, 0.2) is 0 Å². The van der Waals surface area contributed by atoms with Crippen LogP contribution in [0.3, 0.4) is 0 Å². The lowest BCUT2D eigenvalue weighted by atomic mass is 9.87. The fourth-order valence-corrected chi connectivity index (χ4v) is 2.66. The summed E-state index contributed by atoms with van der Waals surface area (Å²) in [4.78, 5) is 25.6. The van der Waals surface area contributed by atoms with Crippen molar-refractivity contribution in [3.05, 3.63) is 0 Å². The SMILES string of the molecule is CC(C)CN1CCC(C#N)(NC(=O)CCC(C)(C)C(N)=O)C1. The van der Waals surface area contributed by atoms with E-state index in [1.165, 1.54) is 0 Å². The van der Waals surface area contributed by atoms with E-state index in [9.17, 15) is 14.9 Å². The largest absolute Gasteiger partial charge is 0.369 e. The molecule has 1 fully saturated rings. The summed E-state index contributed by atoms with van der Waals surface area (Å²) in [6.45, 7) is 10.0. The number of rotatable bonds is 7. The molecule has 1 heterocycles. The van der Waals surface area contributed by atoms with Gasteiger partial charge in [0, 0.05) is 31.5 Å². The van der Waals surface area contributed by atoms with Gasteiger partial charge in [0.2, 0.25) is 11.8 Å². The minimum Gasteiger partial charge on any atom is -0.369 e. The van der Waals surface area contributed by atoms with E-state index in [0.717, 1.165) is 13.1 Å². The number of nitrogens with one attached hydrogen (secondary N) is 1. The molecule has 0 aromatic rings. The average Bonchev–Trinajstić information content (AvgIpc) is 2.79. The molecule has 0 bridgehead atoms. The summed E-state index contributed by atoms with van der Waals surface area (Å²) in [5.74, 6) is -0.0805. The Morgan fingerprint density at radius 3 is 2.59 bits per heavy atom. The molecular formula is C16H28N4O2. The van der Waals surface area contributed by atoms with E-state index in [2.05, 4.69) is 30.1 Å². The van der Waals surface area contributed by atoms with E-state index in [0.29, 0.717) is 25.3 Å². The third kappa shape index (κ3) is 4.99. The first-order chi connectivity index (χ1) is 10.1. The van der Waals surface area contributed by atoms with Gasteiger partial charge in [-0.15, -0.1) is 0 Å². The van der Waals surface area contributed by atoms with Gasteiger partial charge in [-0.3, -0.25) is 14.5 Å². The molecule has 6 nitrogen and oxygen atoms in total. The first kappa shape index (κ1) is 18.4. The van der Waals surface area contributed by atoms with Crippen molar-refractivity contribution in [1.82, 2.24) is 10.2 Å². The first-order valence-corrected chi connectivity index (χ1v) is 7.85. The zero-order valence-electron chi connectivity index (χ0n) is 14.1. The number of hydrogen-bond donors (Lipinski definition) is 2. The van der Waals surface area contributed by atoms with Gasteiger partial charge in [0.25, 0.3) is 0 Å². The van der Waals surface area contributed by atoms with Crippen molar-refractivity contribution in [2.45, 2.75) is 52.5 Å². The molecule has 0 radical (unpaired) electrons. The summed E-state index contributed by atoms with van der Waals surface area (Å²) in [6, 6.07) is 2.27. The second kappa shape index (κ2) is 7.10. The summed E-state index contributed by atoms with van der Waals surface area (Å²) in [5, 5.41) is 12.3. The monoisotopic (exact) mass is 308 g/mol. The highest BCUT2D eigenvalue weighted by molar-refractivity contribution is 5.82. The zero-order chi connectivity index (χ0) is 17.0. The molecule has 1 unspecified atom stereocenters. The Balaban J connectivity index is 2.55. The molecule has 0 aromatic carbocycles. The van der Waals surface area contributed by atoms with Gasteiger partial charge in [-0.2, -0.15) is 5.26 Å². The van der Waals surface area contributed by atoms with E-state index in [1.54, 1.807) is 13.8 Å². The predicted octanol–water partition coefficient (Wildman–Crippen LogP) is 1.02. The average molecular weight is 308 g/mol. The van der Waals surface area contributed by atoms with Crippen molar-refractivity contribution in [3.8, 4) is 6.07 Å². The van der Waals surface area contributed by atoms with Crippen LogP contribution in [0.5, 0.6) is 0 Å². The quantitative estimate of drug-likeness (QED) is 0.733. The molecule has 22 heavy (non-hydrogen) atoms. The Morgan fingerprint density at radius 2 is 2.09 bits per heavy atom. The van der Waals surface area contributed by atoms with Gasteiger partial charge in [-0.05, 0) is 18.8 Å². The van der Waals surface area contributed by atoms with Gasteiger partial charge in [0.05, 0.1) is 6.07 Å². The van der Waals surface area contributed by atoms with Crippen LogP contribution in [-0.2, 0) is 9.59 Å². The molecule has 6 heteroatoms. The molecule has 1 atom stereocenters. The van der Waals surface area contributed by atoms with Crippen LogP contribution in [0.4, 0.5) is 0 Å². The maximum atomic E-state index is 12.1. The highest BCUT2D eigenvalue weighted by Gasteiger charge is 2.40. The number of likely N-dealkylation sites (tertiary alicyclic amines) is 1. The van der Waals surface area contributed by atoms with Gasteiger partial charge in [0.1, 0.15) is 5.54 Å². The van der Waals surface area contributed by atoms with Gasteiger partial charge < -0.3 is 11.1 Å². The van der Waals surface area contributed by atoms with Crippen molar-refractivity contribution < 1.29 is 9.59 Å². The van der Waals surface area contributed by atoms with Gasteiger partial charge >= 0.3 is 0 Å². The molecule has 1 aliphatic heterocycles. The molecule has 1 rings (SSSR count). The number of carbonyl (C=O) groups excluding carboxylic acids is 2. The highest BCUT2D eigenvalue weighted by atomic mass is 16.2. The minimum atomic E-state index is -0.803. The number of hydrogen-bond acceptors (Lipinski definition) is 4. The van der Waals surface area contributed by atoms with Crippen LogP contribution in [0.2, 0.25) is 0 Å². The lowest BCUT2D eigenvalue weighted by Crippen LogP contribution is -2.49. The third-order valence-electron chi connectivity index (χ3n) is 4.21. The Labute approximate surface area is 133 Å². The van der Waals surface area contributed by atoms with Crippen LogP contribution in [0.15, 0.2) is 0 Å². The van der Waals surface area contributed by atoms with Crippen LogP contribution in [-0.4, -0.2) is 41.9 Å². The Kier molecular flexibility index (Phi) is 5.95. The molecule has 1 aliphatic rings. The highest BCUT2D eigenvalue weighted by Crippen LogP contribution is 2.24. The number of nitrogens with zero attached hydrogens (tertiary/aromatic N) is 2. The molecule has 0 aromatic heterocycles. The van der Waals surface area contributed by atoms with Crippen molar-refractivity contribution >= 4 is 11.8 Å². The normalized spacial score (nSPS) is 22.5. The summed E-state index contributed by atoms with van der Waals surface area (Å²) >= 11 is 0. The second-order valence-electron chi connectivity index (χ2n) is 7.37. The van der Waals surface area contributed by atoms with E-state index < -0.39 is 16.9 Å². The Hall–Kier alpha value is -1.61. The maximum absolute atomic E-state index is 12.1. The number of nitrogens with two attached hydrogens (primary N) is 1. The third-order valence-corrected chi connectivity index (χ3v) is 4.21. The number of amides is 2. The number of nitriles is 1. The van der Waals surface area contributed by atoms with E-state index in [4.69, 9.17) is 5.73 Å². The number of primary amides is 1. The molecule has 1 saturated heterocycles. The van der Waals surface area contributed by atoms with Crippen molar-refractivity contribution in [2.75, 3.05) is 19.6 Å². The van der Waals surface area contributed by atoms with Crippen LogP contribution < -0.4 is 11.1 Å². The fraction of sp³-hybridized carbons (Fsp3) is 0.812. The predicted molar refractivity (Wildman–Crippen MR) is 84.6 cm³/mol. The Bertz CT molecular complexity index is 467. The van der Waals surface area contributed by atoms with E-state index >= 15 is 0 Å². The molecule has 0 saturated carbocycles. The lowest BCUT2D eigenvalue weighted by Gasteiger charge is -2.25. The maximum Gasteiger partial charge on any atom is 0.223 e. The zero-order valence-corrected chi connectivity index (χ0v) is 14.1. The summed E-state index contributed by atoms with van der Waals surface area (Å²) in [7, 11) is 0. The lowest BCUT2D eigenvalue weighted by molar-refractivity contribution is -0.127. The summed E-state index contributed by atoms with van der Waals surface area (Å²) in [6.07, 6.45) is 1.22. The van der Waals surface area contributed by atoms with Crippen LogP contribution in [0.1, 0.15) is 47.0 Å². The van der Waals surface area contributed by atoms with Gasteiger partial charge in [-0.1, -0.05) is 27.7 Å². The Morgan fingerprint density at radius 1 is 1.45 bits per heavy atom. The molecule has 3 N–H and O–H groups in total. The smallest absolute Gasteiger partial charge is 0.223 e. The van der Waals surface area contributed by atoms with Crippen LogP contribution >= 0.6 is 0 Å². The van der Waals surface area contributed by atoms with Crippen LogP contribution in [0, 0.1) is 22.7 Å². The van der Waals surface area contributed by atoms with Crippen molar-refractivity contribution in [2.24, 2.45) is 17.1 Å². The first-order valence-electron chi connectivity index (χ1n) is 7.85. The summed E-state index contributed by atoms with van der Waals surface area (Å²) < 4.78 is 0. The fourth-order valence-electron chi connectivity index (χ4n) is 2.66. The van der Waals surface area contributed by atoms with E-state index in [1.807, 2.05) is 0 Å². The molecule has 124 valence electrons. The minimum absolute atomic E-state index is 0.192. The molecular weight excluding hydrogens is 280 g/mol. The standard InChI is InChI=1S/C16H28N4O2/c1-12(2)9-20-8-7-16(10-17,11-20)19-13(21)5-6-15(3,4)14(18)22/h12H,5-9,11H2,1-4H3,(H2,18,22)(H,19,21). The van der Waals surface area contributed by atoms with Crippen molar-refractivity contribution in [3.63, 3.8) is 0 Å². The molecule has 0 aliphatic carbocycles. The van der Waals surface area contributed by atoms with E-state index in [-0.39, 0.29) is 12.3 Å². The molecule has 2 amide bonds. The van der Waals surface area contributed by atoms with Crippen LogP contribution in [0.25, 0.3) is 0 Å².